The van der Waals surface area contributed by atoms with Gasteiger partial charge in [0.1, 0.15) is 0 Å². The van der Waals surface area contributed by atoms with Crippen molar-refractivity contribution in [2.45, 2.75) is 51.5 Å². The van der Waals surface area contributed by atoms with E-state index in [0.29, 0.717) is 11.3 Å². The molecular formula is C20H27NO. The van der Waals surface area contributed by atoms with Crippen molar-refractivity contribution in [3.05, 3.63) is 35.9 Å². The van der Waals surface area contributed by atoms with Crippen molar-refractivity contribution >= 4 is 5.91 Å². The molecule has 0 spiro atoms. The summed E-state index contributed by atoms with van der Waals surface area (Å²) in [4.78, 5) is 14.7. The monoisotopic (exact) mass is 297 g/mol. The lowest BCUT2D eigenvalue weighted by Crippen LogP contribution is -2.48. The van der Waals surface area contributed by atoms with Gasteiger partial charge in [-0.3, -0.25) is 4.79 Å². The highest BCUT2D eigenvalue weighted by Gasteiger charge is 2.51. The van der Waals surface area contributed by atoms with Crippen molar-refractivity contribution in [3.63, 3.8) is 0 Å². The summed E-state index contributed by atoms with van der Waals surface area (Å²) in [6.07, 6.45) is 9.12. The van der Waals surface area contributed by atoms with E-state index in [1.165, 1.54) is 44.1 Å². The second-order valence-corrected chi connectivity index (χ2v) is 8.33. The Labute approximate surface area is 133 Å². The van der Waals surface area contributed by atoms with E-state index >= 15 is 0 Å². The minimum absolute atomic E-state index is 0.353. The van der Waals surface area contributed by atoms with Crippen LogP contribution in [0.25, 0.3) is 0 Å². The molecule has 0 unspecified atom stereocenters. The quantitative estimate of drug-likeness (QED) is 0.813. The molecule has 0 atom stereocenters. The van der Waals surface area contributed by atoms with Gasteiger partial charge in [0.25, 0.3) is 0 Å². The molecule has 22 heavy (non-hydrogen) atoms. The molecule has 118 valence electrons. The number of carbonyl (C=O) groups excluding carboxylic acids is 1. The van der Waals surface area contributed by atoms with Gasteiger partial charge in [-0.05, 0) is 67.3 Å². The molecule has 0 N–H and O–H groups in total. The van der Waals surface area contributed by atoms with Crippen LogP contribution in [-0.4, -0.2) is 17.9 Å². The predicted molar refractivity (Wildman–Crippen MR) is 88.1 cm³/mol. The molecule has 1 aromatic rings. The van der Waals surface area contributed by atoms with Gasteiger partial charge in [-0.2, -0.15) is 0 Å². The molecule has 2 nitrogen and oxygen atoms in total. The number of carbonyl (C=O) groups is 1. The van der Waals surface area contributed by atoms with Gasteiger partial charge in [0, 0.05) is 20.0 Å². The molecule has 0 aromatic heterocycles. The fraction of sp³-hybridized carbons (Fsp3) is 0.650. The molecule has 1 aromatic carbocycles. The van der Waals surface area contributed by atoms with Crippen molar-refractivity contribution in [1.29, 1.82) is 0 Å². The summed E-state index contributed by atoms with van der Waals surface area (Å²) in [5, 5.41) is 0. The smallest absolute Gasteiger partial charge is 0.223 e. The van der Waals surface area contributed by atoms with Gasteiger partial charge >= 0.3 is 0 Å². The van der Waals surface area contributed by atoms with Crippen LogP contribution in [0.2, 0.25) is 0 Å². The SMILES string of the molecule is CN(Cc1ccccc1)C(=O)CC12CC3CC(CC(C3)C1)C2. The third kappa shape index (κ3) is 2.68. The number of benzene rings is 1. The fourth-order valence-electron chi connectivity index (χ4n) is 5.91. The number of nitrogens with zero attached hydrogens (tertiary/aromatic N) is 1. The summed E-state index contributed by atoms with van der Waals surface area (Å²) in [7, 11) is 1.97. The first-order valence-electron chi connectivity index (χ1n) is 8.90. The summed E-state index contributed by atoms with van der Waals surface area (Å²) < 4.78 is 0. The average molecular weight is 297 g/mol. The van der Waals surface area contributed by atoms with Gasteiger partial charge in [-0.25, -0.2) is 0 Å². The van der Waals surface area contributed by atoms with Crippen molar-refractivity contribution < 1.29 is 4.79 Å². The molecule has 4 fully saturated rings. The molecule has 4 aliphatic carbocycles. The zero-order valence-electron chi connectivity index (χ0n) is 13.6. The van der Waals surface area contributed by atoms with E-state index in [2.05, 4.69) is 12.1 Å². The third-order valence-corrected chi connectivity index (χ3v) is 6.38. The fourth-order valence-corrected chi connectivity index (χ4v) is 5.91. The van der Waals surface area contributed by atoms with Gasteiger partial charge in [-0.1, -0.05) is 30.3 Å². The molecule has 5 rings (SSSR count). The van der Waals surface area contributed by atoms with E-state index in [1.807, 2.05) is 30.1 Å². The van der Waals surface area contributed by atoms with E-state index in [0.717, 1.165) is 30.7 Å². The number of hydrogen-bond acceptors (Lipinski definition) is 1. The molecule has 0 heterocycles. The molecule has 2 heteroatoms. The lowest BCUT2D eigenvalue weighted by atomic mass is 9.49. The minimum atomic E-state index is 0.353. The van der Waals surface area contributed by atoms with Crippen LogP contribution in [-0.2, 0) is 11.3 Å². The molecule has 0 aliphatic heterocycles. The van der Waals surface area contributed by atoms with Crippen LogP contribution in [0.15, 0.2) is 30.3 Å². The Hall–Kier alpha value is -1.31. The first-order chi connectivity index (χ1) is 10.6. The summed E-state index contributed by atoms with van der Waals surface area (Å²) in [6.45, 7) is 0.742. The van der Waals surface area contributed by atoms with Crippen molar-refractivity contribution in [3.8, 4) is 0 Å². The third-order valence-electron chi connectivity index (χ3n) is 6.38. The standard InChI is InChI=1S/C20H27NO/c1-21(14-15-5-3-2-4-6-15)19(22)13-20-10-16-7-17(11-20)9-18(8-16)12-20/h2-6,16-18H,7-14H2,1H3. The lowest BCUT2D eigenvalue weighted by molar-refractivity contribution is -0.138. The second-order valence-electron chi connectivity index (χ2n) is 8.33. The Morgan fingerprint density at radius 1 is 1.05 bits per heavy atom. The normalized spacial score (nSPS) is 35.6. The summed E-state index contributed by atoms with van der Waals surface area (Å²) in [5.74, 6) is 3.14. The van der Waals surface area contributed by atoms with Crippen molar-refractivity contribution in [2.75, 3.05) is 7.05 Å². The molecule has 0 radical (unpaired) electrons. The van der Waals surface area contributed by atoms with E-state index < -0.39 is 0 Å². The van der Waals surface area contributed by atoms with Gasteiger partial charge < -0.3 is 4.90 Å². The van der Waals surface area contributed by atoms with Crippen LogP contribution in [0.5, 0.6) is 0 Å². The molecule has 4 bridgehead atoms. The number of amides is 1. The van der Waals surface area contributed by atoms with Gasteiger partial charge in [0.15, 0.2) is 0 Å². The van der Waals surface area contributed by atoms with Crippen LogP contribution in [0.4, 0.5) is 0 Å². The molecule has 4 aliphatic rings. The first-order valence-corrected chi connectivity index (χ1v) is 8.90. The Balaban J connectivity index is 1.41. The highest BCUT2D eigenvalue weighted by molar-refractivity contribution is 5.76. The Morgan fingerprint density at radius 3 is 2.14 bits per heavy atom. The van der Waals surface area contributed by atoms with Crippen LogP contribution in [0, 0.1) is 23.2 Å². The highest BCUT2D eigenvalue weighted by Crippen LogP contribution is 2.61. The number of hydrogen-bond donors (Lipinski definition) is 0. The maximum atomic E-state index is 12.8. The summed E-state index contributed by atoms with van der Waals surface area (Å²) >= 11 is 0. The highest BCUT2D eigenvalue weighted by atomic mass is 16.2. The maximum absolute atomic E-state index is 12.8. The summed E-state index contributed by atoms with van der Waals surface area (Å²) in [5.41, 5.74) is 1.58. The van der Waals surface area contributed by atoms with Crippen LogP contribution in [0.3, 0.4) is 0 Å². The van der Waals surface area contributed by atoms with Crippen LogP contribution < -0.4 is 0 Å². The zero-order chi connectivity index (χ0) is 15.2. The van der Waals surface area contributed by atoms with Crippen LogP contribution >= 0.6 is 0 Å². The average Bonchev–Trinajstić information content (AvgIpc) is 2.46. The van der Waals surface area contributed by atoms with E-state index in [4.69, 9.17) is 0 Å². The van der Waals surface area contributed by atoms with Gasteiger partial charge in [-0.15, -0.1) is 0 Å². The van der Waals surface area contributed by atoms with Crippen molar-refractivity contribution in [2.24, 2.45) is 23.2 Å². The van der Waals surface area contributed by atoms with E-state index in [1.54, 1.807) is 0 Å². The Morgan fingerprint density at radius 2 is 1.59 bits per heavy atom. The molecule has 4 saturated carbocycles. The Bertz CT molecular complexity index is 515. The lowest BCUT2D eigenvalue weighted by Gasteiger charge is -2.56. The maximum Gasteiger partial charge on any atom is 0.223 e. The molecule has 1 amide bonds. The summed E-state index contributed by atoms with van der Waals surface area (Å²) in [6, 6.07) is 10.3. The second kappa shape index (κ2) is 5.40. The number of rotatable bonds is 4. The van der Waals surface area contributed by atoms with Gasteiger partial charge in [0.2, 0.25) is 5.91 Å². The molecular weight excluding hydrogens is 270 g/mol. The van der Waals surface area contributed by atoms with Crippen molar-refractivity contribution in [1.82, 2.24) is 4.90 Å². The first kappa shape index (κ1) is 14.3. The van der Waals surface area contributed by atoms with E-state index in [9.17, 15) is 4.79 Å². The van der Waals surface area contributed by atoms with Crippen LogP contribution in [0.1, 0.15) is 50.5 Å². The van der Waals surface area contributed by atoms with E-state index in [-0.39, 0.29) is 0 Å². The predicted octanol–water partition coefficient (Wildman–Crippen LogP) is 4.25. The minimum Gasteiger partial charge on any atom is -0.341 e. The Kier molecular flexibility index (Phi) is 3.51. The van der Waals surface area contributed by atoms with Gasteiger partial charge in [0.05, 0.1) is 0 Å². The largest absolute Gasteiger partial charge is 0.341 e. The topological polar surface area (TPSA) is 20.3 Å². The molecule has 0 saturated heterocycles. The zero-order valence-corrected chi connectivity index (χ0v) is 13.6.